The number of likely N-dealkylation sites (tertiary alicyclic amines) is 1. The number of nitrogens with two attached hydrogens (primary N) is 1. The normalized spacial score (nSPS) is 25.2. The van der Waals surface area contributed by atoms with Crippen LogP contribution in [-0.2, 0) is 9.53 Å². The molecule has 0 bridgehead atoms. The van der Waals surface area contributed by atoms with Crippen molar-refractivity contribution < 1.29 is 9.53 Å². The monoisotopic (exact) mass is 228 g/mol. The SMILES string of the molecule is CCOC1CCCN(C(=O)C(C)(N)CC)C1. The van der Waals surface area contributed by atoms with Crippen LogP contribution in [0.5, 0.6) is 0 Å². The summed E-state index contributed by atoms with van der Waals surface area (Å²) in [6, 6.07) is 0. The lowest BCUT2D eigenvalue weighted by Crippen LogP contribution is -2.56. The fourth-order valence-electron chi connectivity index (χ4n) is 2.01. The molecule has 0 saturated carbocycles. The Kier molecular flexibility index (Phi) is 4.74. The number of carbonyl (C=O) groups is 1. The Morgan fingerprint density at radius 3 is 2.81 bits per heavy atom. The molecular weight excluding hydrogens is 204 g/mol. The molecular formula is C12H24N2O2. The van der Waals surface area contributed by atoms with Gasteiger partial charge in [0.05, 0.1) is 11.6 Å². The number of hydrogen-bond acceptors (Lipinski definition) is 3. The van der Waals surface area contributed by atoms with Crippen molar-refractivity contribution in [2.75, 3.05) is 19.7 Å². The zero-order valence-electron chi connectivity index (χ0n) is 10.7. The van der Waals surface area contributed by atoms with Crippen LogP contribution < -0.4 is 5.73 Å². The minimum atomic E-state index is -0.728. The predicted octanol–water partition coefficient (Wildman–Crippen LogP) is 1.14. The first-order valence-electron chi connectivity index (χ1n) is 6.21. The summed E-state index contributed by atoms with van der Waals surface area (Å²) in [5, 5.41) is 0. The van der Waals surface area contributed by atoms with E-state index in [1.807, 2.05) is 18.7 Å². The molecule has 4 heteroatoms. The van der Waals surface area contributed by atoms with Gasteiger partial charge in [0, 0.05) is 19.7 Å². The highest BCUT2D eigenvalue weighted by atomic mass is 16.5. The number of hydrogen-bond donors (Lipinski definition) is 1. The number of nitrogens with zero attached hydrogens (tertiary/aromatic N) is 1. The number of piperidine rings is 1. The van der Waals surface area contributed by atoms with Gasteiger partial charge in [-0.3, -0.25) is 4.79 Å². The highest BCUT2D eigenvalue weighted by Gasteiger charge is 2.33. The average Bonchev–Trinajstić information content (AvgIpc) is 2.29. The molecule has 0 aromatic heterocycles. The van der Waals surface area contributed by atoms with Crippen molar-refractivity contribution in [3.05, 3.63) is 0 Å². The van der Waals surface area contributed by atoms with Crippen molar-refractivity contribution in [1.29, 1.82) is 0 Å². The van der Waals surface area contributed by atoms with Gasteiger partial charge in [-0.05, 0) is 33.1 Å². The first-order chi connectivity index (χ1) is 7.51. The zero-order chi connectivity index (χ0) is 12.2. The first kappa shape index (κ1) is 13.5. The summed E-state index contributed by atoms with van der Waals surface area (Å²) in [6.07, 6.45) is 2.92. The van der Waals surface area contributed by atoms with Crippen LogP contribution in [0.4, 0.5) is 0 Å². The molecule has 1 amide bonds. The summed E-state index contributed by atoms with van der Waals surface area (Å²) in [7, 11) is 0. The Morgan fingerprint density at radius 2 is 2.25 bits per heavy atom. The second kappa shape index (κ2) is 5.64. The maximum absolute atomic E-state index is 12.1. The third-order valence-corrected chi connectivity index (χ3v) is 3.29. The quantitative estimate of drug-likeness (QED) is 0.785. The Labute approximate surface area is 98.1 Å². The minimum Gasteiger partial charge on any atom is -0.377 e. The number of amides is 1. The van der Waals surface area contributed by atoms with Gasteiger partial charge in [-0.15, -0.1) is 0 Å². The molecule has 1 aliphatic heterocycles. The topological polar surface area (TPSA) is 55.6 Å². The Morgan fingerprint density at radius 1 is 1.56 bits per heavy atom. The Bertz CT molecular complexity index is 239. The molecule has 2 atom stereocenters. The van der Waals surface area contributed by atoms with E-state index in [0.29, 0.717) is 19.6 Å². The lowest BCUT2D eigenvalue weighted by molar-refractivity contribution is -0.140. The van der Waals surface area contributed by atoms with E-state index < -0.39 is 5.54 Å². The van der Waals surface area contributed by atoms with Crippen molar-refractivity contribution in [3.63, 3.8) is 0 Å². The van der Waals surface area contributed by atoms with Gasteiger partial charge in [-0.1, -0.05) is 6.92 Å². The number of rotatable bonds is 4. The lowest BCUT2D eigenvalue weighted by atomic mass is 9.96. The van der Waals surface area contributed by atoms with E-state index in [2.05, 4.69) is 0 Å². The smallest absolute Gasteiger partial charge is 0.242 e. The van der Waals surface area contributed by atoms with E-state index in [-0.39, 0.29) is 12.0 Å². The zero-order valence-corrected chi connectivity index (χ0v) is 10.7. The van der Waals surface area contributed by atoms with Crippen molar-refractivity contribution in [3.8, 4) is 0 Å². The molecule has 1 heterocycles. The van der Waals surface area contributed by atoms with E-state index in [0.717, 1.165) is 19.4 Å². The predicted molar refractivity (Wildman–Crippen MR) is 64.1 cm³/mol. The molecule has 16 heavy (non-hydrogen) atoms. The molecule has 0 aromatic carbocycles. The fraction of sp³-hybridized carbons (Fsp3) is 0.917. The molecule has 2 unspecified atom stereocenters. The van der Waals surface area contributed by atoms with E-state index in [1.54, 1.807) is 6.92 Å². The summed E-state index contributed by atoms with van der Waals surface area (Å²) < 4.78 is 5.57. The van der Waals surface area contributed by atoms with Crippen molar-refractivity contribution in [1.82, 2.24) is 4.90 Å². The summed E-state index contributed by atoms with van der Waals surface area (Å²) in [4.78, 5) is 14.0. The molecule has 0 aliphatic carbocycles. The van der Waals surface area contributed by atoms with Crippen LogP contribution in [0.25, 0.3) is 0 Å². The van der Waals surface area contributed by atoms with Crippen molar-refractivity contribution >= 4 is 5.91 Å². The Hall–Kier alpha value is -0.610. The van der Waals surface area contributed by atoms with Crippen LogP contribution in [0.3, 0.4) is 0 Å². The van der Waals surface area contributed by atoms with Gasteiger partial charge in [-0.25, -0.2) is 0 Å². The standard InChI is InChI=1S/C12H24N2O2/c1-4-12(3,13)11(15)14-8-6-7-10(9-14)16-5-2/h10H,4-9,13H2,1-3H3. The molecule has 0 radical (unpaired) electrons. The van der Waals surface area contributed by atoms with Crippen LogP contribution in [0.2, 0.25) is 0 Å². The van der Waals surface area contributed by atoms with E-state index >= 15 is 0 Å². The lowest BCUT2D eigenvalue weighted by Gasteiger charge is -2.37. The highest BCUT2D eigenvalue weighted by Crippen LogP contribution is 2.17. The summed E-state index contributed by atoms with van der Waals surface area (Å²) in [6.45, 7) is 7.95. The van der Waals surface area contributed by atoms with Gasteiger partial charge in [0.25, 0.3) is 0 Å². The molecule has 1 aliphatic rings. The van der Waals surface area contributed by atoms with E-state index in [4.69, 9.17) is 10.5 Å². The third-order valence-electron chi connectivity index (χ3n) is 3.29. The van der Waals surface area contributed by atoms with Gasteiger partial charge in [0.2, 0.25) is 5.91 Å². The molecule has 0 aromatic rings. The number of ether oxygens (including phenoxy) is 1. The van der Waals surface area contributed by atoms with Crippen LogP contribution in [0.1, 0.15) is 40.0 Å². The van der Waals surface area contributed by atoms with E-state index in [1.165, 1.54) is 0 Å². The summed E-state index contributed by atoms with van der Waals surface area (Å²) in [5.74, 6) is 0.0550. The maximum Gasteiger partial charge on any atom is 0.242 e. The van der Waals surface area contributed by atoms with Gasteiger partial charge >= 0.3 is 0 Å². The average molecular weight is 228 g/mol. The van der Waals surface area contributed by atoms with Crippen LogP contribution in [-0.4, -0.2) is 42.1 Å². The number of carbonyl (C=O) groups excluding carboxylic acids is 1. The summed E-state index contributed by atoms with van der Waals surface area (Å²) >= 11 is 0. The van der Waals surface area contributed by atoms with Gasteiger partial charge in [0.15, 0.2) is 0 Å². The minimum absolute atomic E-state index is 0.0550. The largest absolute Gasteiger partial charge is 0.377 e. The van der Waals surface area contributed by atoms with Gasteiger partial charge in [0.1, 0.15) is 0 Å². The van der Waals surface area contributed by atoms with E-state index in [9.17, 15) is 4.79 Å². The Balaban J connectivity index is 2.56. The van der Waals surface area contributed by atoms with Crippen LogP contribution >= 0.6 is 0 Å². The molecule has 1 saturated heterocycles. The molecule has 1 fully saturated rings. The summed E-state index contributed by atoms with van der Waals surface area (Å²) in [5.41, 5.74) is 5.25. The fourth-order valence-corrected chi connectivity index (χ4v) is 2.01. The molecule has 0 spiro atoms. The first-order valence-corrected chi connectivity index (χ1v) is 6.21. The second-order valence-electron chi connectivity index (χ2n) is 4.74. The van der Waals surface area contributed by atoms with Gasteiger partial charge < -0.3 is 15.4 Å². The molecule has 2 N–H and O–H groups in total. The highest BCUT2D eigenvalue weighted by molar-refractivity contribution is 5.85. The molecule has 94 valence electrons. The van der Waals surface area contributed by atoms with Crippen LogP contribution in [0.15, 0.2) is 0 Å². The molecule has 1 rings (SSSR count). The third kappa shape index (κ3) is 3.19. The molecule has 4 nitrogen and oxygen atoms in total. The maximum atomic E-state index is 12.1. The van der Waals surface area contributed by atoms with Crippen molar-refractivity contribution in [2.24, 2.45) is 5.73 Å². The van der Waals surface area contributed by atoms with Crippen LogP contribution in [0, 0.1) is 0 Å². The van der Waals surface area contributed by atoms with Crippen molar-refractivity contribution in [2.45, 2.75) is 51.7 Å². The second-order valence-corrected chi connectivity index (χ2v) is 4.74. The van der Waals surface area contributed by atoms with Gasteiger partial charge in [-0.2, -0.15) is 0 Å².